The SMILES string of the molecule is C=CCN(C(=O)C(C(=O)O)C(C)(C)C)C1CC1. The molecule has 0 bridgehead atoms. The van der Waals surface area contributed by atoms with Gasteiger partial charge in [-0.15, -0.1) is 6.58 Å². The van der Waals surface area contributed by atoms with Gasteiger partial charge in [-0.25, -0.2) is 0 Å². The van der Waals surface area contributed by atoms with Crippen molar-refractivity contribution >= 4 is 11.9 Å². The monoisotopic (exact) mass is 239 g/mol. The third-order valence-corrected chi connectivity index (χ3v) is 2.96. The number of amides is 1. The standard InChI is InChI=1S/C13H21NO3/c1-5-8-14(9-6-7-9)11(15)10(12(16)17)13(2,3)4/h5,9-10H,1,6-8H2,2-4H3,(H,16,17). The van der Waals surface area contributed by atoms with Crippen LogP contribution in [0.3, 0.4) is 0 Å². The third-order valence-electron chi connectivity index (χ3n) is 2.96. The normalized spacial score (nSPS) is 17.4. The van der Waals surface area contributed by atoms with E-state index in [1.165, 1.54) is 0 Å². The zero-order chi connectivity index (χ0) is 13.2. The van der Waals surface area contributed by atoms with Crippen molar-refractivity contribution in [3.05, 3.63) is 12.7 Å². The molecule has 0 spiro atoms. The minimum absolute atomic E-state index is 0.213. The highest BCUT2D eigenvalue weighted by molar-refractivity contribution is 5.98. The molecule has 4 nitrogen and oxygen atoms in total. The van der Waals surface area contributed by atoms with Gasteiger partial charge in [0.25, 0.3) is 0 Å². The highest BCUT2D eigenvalue weighted by Gasteiger charge is 2.43. The van der Waals surface area contributed by atoms with Crippen molar-refractivity contribution < 1.29 is 14.7 Å². The van der Waals surface area contributed by atoms with Gasteiger partial charge in [0, 0.05) is 12.6 Å². The molecule has 1 unspecified atom stereocenters. The zero-order valence-corrected chi connectivity index (χ0v) is 10.8. The van der Waals surface area contributed by atoms with Crippen LogP contribution in [-0.4, -0.2) is 34.5 Å². The van der Waals surface area contributed by atoms with Crippen LogP contribution in [0.5, 0.6) is 0 Å². The molecule has 1 amide bonds. The van der Waals surface area contributed by atoms with Gasteiger partial charge >= 0.3 is 5.97 Å². The molecule has 1 rings (SSSR count). The summed E-state index contributed by atoms with van der Waals surface area (Å²) >= 11 is 0. The molecular formula is C13H21NO3. The van der Waals surface area contributed by atoms with Gasteiger partial charge < -0.3 is 10.0 Å². The van der Waals surface area contributed by atoms with E-state index in [1.807, 2.05) is 0 Å². The maximum absolute atomic E-state index is 12.3. The van der Waals surface area contributed by atoms with E-state index in [1.54, 1.807) is 31.7 Å². The van der Waals surface area contributed by atoms with Gasteiger partial charge in [0.05, 0.1) is 0 Å². The fourth-order valence-electron chi connectivity index (χ4n) is 1.96. The van der Waals surface area contributed by atoms with E-state index < -0.39 is 17.3 Å². The number of carbonyl (C=O) groups excluding carboxylic acids is 1. The van der Waals surface area contributed by atoms with Crippen molar-refractivity contribution in [3.8, 4) is 0 Å². The van der Waals surface area contributed by atoms with E-state index in [0.717, 1.165) is 12.8 Å². The van der Waals surface area contributed by atoms with E-state index in [0.29, 0.717) is 6.54 Å². The Morgan fingerprint density at radius 3 is 2.29 bits per heavy atom. The van der Waals surface area contributed by atoms with Crippen molar-refractivity contribution in [2.45, 2.75) is 39.7 Å². The summed E-state index contributed by atoms with van der Waals surface area (Å²) in [6, 6.07) is 0.213. The molecule has 0 radical (unpaired) electrons. The second-order valence-corrected chi connectivity index (χ2v) is 5.65. The molecule has 0 heterocycles. The summed E-state index contributed by atoms with van der Waals surface area (Å²) in [6.07, 6.45) is 3.59. The summed E-state index contributed by atoms with van der Waals surface area (Å²) in [6.45, 7) is 9.39. The Morgan fingerprint density at radius 1 is 1.47 bits per heavy atom. The van der Waals surface area contributed by atoms with Gasteiger partial charge in [0.2, 0.25) is 5.91 Å². The van der Waals surface area contributed by atoms with Crippen LogP contribution in [-0.2, 0) is 9.59 Å². The Morgan fingerprint density at radius 2 is 2.00 bits per heavy atom. The van der Waals surface area contributed by atoms with E-state index in [2.05, 4.69) is 6.58 Å². The quantitative estimate of drug-likeness (QED) is 0.589. The first-order valence-electron chi connectivity index (χ1n) is 5.93. The molecule has 0 aromatic rings. The maximum atomic E-state index is 12.3. The highest BCUT2D eigenvalue weighted by atomic mass is 16.4. The summed E-state index contributed by atoms with van der Waals surface area (Å²) < 4.78 is 0. The first kappa shape index (κ1) is 13.7. The number of carbonyl (C=O) groups is 2. The number of aliphatic carboxylic acids is 1. The Labute approximate surface area is 102 Å². The van der Waals surface area contributed by atoms with Gasteiger partial charge in [-0.1, -0.05) is 26.8 Å². The minimum Gasteiger partial charge on any atom is -0.481 e. The molecule has 1 atom stereocenters. The van der Waals surface area contributed by atoms with Crippen molar-refractivity contribution in [1.82, 2.24) is 4.90 Å². The number of hydrogen-bond acceptors (Lipinski definition) is 2. The van der Waals surface area contributed by atoms with Crippen LogP contribution in [0.25, 0.3) is 0 Å². The van der Waals surface area contributed by atoms with Gasteiger partial charge in [-0.2, -0.15) is 0 Å². The van der Waals surface area contributed by atoms with E-state index >= 15 is 0 Å². The molecule has 0 aromatic carbocycles. The molecule has 96 valence electrons. The molecule has 1 aliphatic rings. The molecule has 1 aliphatic carbocycles. The third kappa shape index (κ3) is 3.32. The number of rotatable bonds is 5. The van der Waals surface area contributed by atoms with Gasteiger partial charge in [-0.05, 0) is 18.3 Å². The van der Waals surface area contributed by atoms with E-state index in [9.17, 15) is 14.7 Å². The number of carboxylic acid groups (broad SMARTS) is 1. The van der Waals surface area contributed by atoms with Gasteiger partial charge in [0.1, 0.15) is 5.92 Å². The first-order valence-corrected chi connectivity index (χ1v) is 5.93. The lowest BCUT2D eigenvalue weighted by Gasteiger charge is -2.31. The Kier molecular flexibility index (Phi) is 3.96. The molecule has 1 fully saturated rings. The van der Waals surface area contributed by atoms with Crippen LogP contribution in [0.4, 0.5) is 0 Å². The molecule has 1 N–H and O–H groups in total. The second-order valence-electron chi connectivity index (χ2n) is 5.65. The topological polar surface area (TPSA) is 57.6 Å². The predicted octanol–water partition coefficient (Wildman–Crippen LogP) is 1.91. The van der Waals surface area contributed by atoms with Crippen LogP contribution < -0.4 is 0 Å². The smallest absolute Gasteiger partial charge is 0.316 e. The van der Waals surface area contributed by atoms with Crippen LogP contribution in [0.2, 0.25) is 0 Å². The molecule has 1 saturated carbocycles. The summed E-state index contributed by atoms with van der Waals surface area (Å²) in [5, 5.41) is 9.23. The molecule has 0 aromatic heterocycles. The number of nitrogens with zero attached hydrogens (tertiary/aromatic N) is 1. The molecular weight excluding hydrogens is 218 g/mol. The average molecular weight is 239 g/mol. The molecule has 0 aliphatic heterocycles. The summed E-state index contributed by atoms with van der Waals surface area (Å²) in [5.74, 6) is -2.31. The van der Waals surface area contributed by atoms with Crippen molar-refractivity contribution in [3.63, 3.8) is 0 Å². The first-order chi connectivity index (χ1) is 7.79. The van der Waals surface area contributed by atoms with E-state index in [-0.39, 0.29) is 11.9 Å². The Balaban J connectivity index is 2.89. The minimum atomic E-state index is -1.04. The van der Waals surface area contributed by atoms with Crippen LogP contribution in [0.1, 0.15) is 33.6 Å². The van der Waals surface area contributed by atoms with Crippen molar-refractivity contribution in [2.75, 3.05) is 6.54 Å². The second kappa shape index (κ2) is 4.90. The molecule has 0 saturated heterocycles. The van der Waals surface area contributed by atoms with Crippen molar-refractivity contribution in [1.29, 1.82) is 0 Å². The summed E-state index contributed by atoms with van der Waals surface area (Å²) in [4.78, 5) is 25.2. The van der Waals surface area contributed by atoms with E-state index in [4.69, 9.17) is 0 Å². The predicted molar refractivity (Wildman–Crippen MR) is 65.5 cm³/mol. The van der Waals surface area contributed by atoms with Crippen molar-refractivity contribution in [2.24, 2.45) is 11.3 Å². The van der Waals surface area contributed by atoms with Crippen LogP contribution in [0.15, 0.2) is 12.7 Å². The average Bonchev–Trinajstić information content (AvgIpc) is 2.93. The largest absolute Gasteiger partial charge is 0.481 e. The van der Waals surface area contributed by atoms with Crippen LogP contribution >= 0.6 is 0 Å². The highest BCUT2D eigenvalue weighted by Crippen LogP contribution is 2.33. The van der Waals surface area contributed by atoms with Gasteiger partial charge in [-0.3, -0.25) is 9.59 Å². The van der Waals surface area contributed by atoms with Gasteiger partial charge in [0.15, 0.2) is 0 Å². The Hall–Kier alpha value is -1.32. The zero-order valence-electron chi connectivity index (χ0n) is 10.8. The fourth-order valence-corrected chi connectivity index (χ4v) is 1.96. The summed E-state index contributed by atoms with van der Waals surface area (Å²) in [5.41, 5.74) is -0.572. The summed E-state index contributed by atoms with van der Waals surface area (Å²) in [7, 11) is 0. The molecule has 17 heavy (non-hydrogen) atoms. The fraction of sp³-hybridized carbons (Fsp3) is 0.692. The van der Waals surface area contributed by atoms with Crippen LogP contribution in [0, 0.1) is 11.3 Å². The number of hydrogen-bond donors (Lipinski definition) is 1. The number of carboxylic acids is 1. The lowest BCUT2D eigenvalue weighted by molar-refractivity contribution is -0.156. The lowest BCUT2D eigenvalue weighted by atomic mass is 9.79. The maximum Gasteiger partial charge on any atom is 0.316 e. The Bertz CT molecular complexity index is 326. The lowest BCUT2D eigenvalue weighted by Crippen LogP contribution is -2.46. The molecule has 4 heteroatoms.